The van der Waals surface area contributed by atoms with E-state index in [1.807, 2.05) is 13.8 Å². The maximum absolute atomic E-state index is 9.64. The van der Waals surface area contributed by atoms with Gasteiger partial charge in [-0.15, -0.1) is 0 Å². The van der Waals surface area contributed by atoms with Crippen LogP contribution in [0, 0.1) is 0 Å². The normalized spacial score (nSPS) is 15.0. The number of hydrogen-bond donors (Lipinski definition) is 2. The molecule has 0 unspecified atom stereocenters. The second-order valence-corrected chi connectivity index (χ2v) is 3.57. The van der Waals surface area contributed by atoms with Crippen molar-refractivity contribution in [2.45, 2.75) is 52.2 Å². The summed E-state index contributed by atoms with van der Waals surface area (Å²) in [6, 6.07) is 0.224. The molecule has 0 bridgehead atoms. The van der Waals surface area contributed by atoms with Gasteiger partial charge in [0, 0.05) is 6.04 Å². The molecule has 2 nitrogen and oxygen atoms in total. The van der Waals surface area contributed by atoms with Gasteiger partial charge >= 0.3 is 0 Å². The van der Waals surface area contributed by atoms with Gasteiger partial charge in [0.1, 0.15) is 0 Å². The van der Waals surface area contributed by atoms with E-state index in [0.29, 0.717) is 0 Å². The number of rotatable bonds is 5. The molecular weight excluding hydrogens is 138 g/mol. The second kappa shape index (κ2) is 4.73. The van der Waals surface area contributed by atoms with E-state index in [4.69, 9.17) is 0 Å². The standard InChI is InChI=1S/C9H21NO/c1-5-7-10-8(6-2)9(3,4)11/h8,10-11H,5-7H2,1-4H3/t8-/m0/s1. The summed E-state index contributed by atoms with van der Waals surface area (Å²) in [7, 11) is 0. The lowest BCUT2D eigenvalue weighted by atomic mass is 9.97. The van der Waals surface area contributed by atoms with Gasteiger partial charge in [-0.1, -0.05) is 13.8 Å². The zero-order valence-corrected chi connectivity index (χ0v) is 8.15. The van der Waals surface area contributed by atoms with Crippen LogP contribution >= 0.6 is 0 Å². The molecule has 2 N–H and O–H groups in total. The van der Waals surface area contributed by atoms with Crippen molar-refractivity contribution in [1.29, 1.82) is 0 Å². The third kappa shape index (κ3) is 4.38. The molecule has 0 fully saturated rings. The number of aliphatic hydroxyl groups is 1. The van der Waals surface area contributed by atoms with Crippen molar-refractivity contribution in [3.05, 3.63) is 0 Å². The van der Waals surface area contributed by atoms with Crippen molar-refractivity contribution in [2.24, 2.45) is 0 Å². The molecule has 0 aliphatic rings. The Kier molecular flexibility index (Phi) is 4.69. The summed E-state index contributed by atoms with van der Waals surface area (Å²) >= 11 is 0. The predicted molar refractivity (Wildman–Crippen MR) is 48.7 cm³/mol. The molecule has 0 saturated heterocycles. The van der Waals surface area contributed by atoms with Crippen LogP contribution in [0.5, 0.6) is 0 Å². The van der Waals surface area contributed by atoms with Crippen LogP contribution in [0.15, 0.2) is 0 Å². The highest BCUT2D eigenvalue weighted by atomic mass is 16.3. The van der Waals surface area contributed by atoms with Crippen molar-refractivity contribution in [1.82, 2.24) is 5.32 Å². The highest BCUT2D eigenvalue weighted by Crippen LogP contribution is 2.11. The van der Waals surface area contributed by atoms with E-state index >= 15 is 0 Å². The van der Waals surface area contributed by atoms with Gasteiger partial charge in [0.15, 0.2) is 0 Å². The van der Waals surface area contributed by atoms with Crippen LogP contribution in [0.25, 0.3) is 0 Å². The largest absolute Gasteiger partial charge is 0.389 e. The van der Waals surface area contributed by atoms with E-state index < -0.39 is 5.60 Å². The van der Waals surface area contributed by atoms with E-state index in [1.165, 1.54) is 0 Å². The molecule has 0 radical (unpaired) electrons. The van der Waals surface area contributed by atoms with E-state index in [1.54, 1.807) is 0 Å². The van der Waals surface area contributed by atoms with Gasteiger partial charge in [-0.3, -0.25) is 0 Å². The minimum Gasteiger partial charge on any atom is -0.389 e. The monoisotopic (exact) mass is 159 g/mol. The minimum absolute atomic E-state index is 0.224. The fourth-order valence-corrected chi connectivity index (χ4v) is 1.21. The van der Waals surface area contributed by atoms with Crippen LogP contribution in [0.3, 0.4) is 0 Å². The summed E-state index contributed by atoms with van der Waals surface area (Å²) in [5.74, 6) is 0. The van der Waals surface area contributed by atoms with Crippen LogP contribution in [-0.4, -0.2) is 23.3 Å². The zero-order chi connectivity index (χ0) is 8.91. The molecular formula is C9H21NO. The van der Waals surface area contributed by atoms with Crippen molar-refractivity contribution in [3.8, 4) is 0 Å². The minimum atomic E-state index is -0.593. The van der Waals surface area contributed by atoms with E-state index in [2.05, 4.69) is 19.2 Å². The first-order chi connectivity index (χ1) is 5.02. The fraction of sp³-hybridized carbons (Fsp3) is 1.00. The van der Waals surface area contributed by atoms with Gasteiger partial charge in [-0.25, -0.2) is 0 Å². The van der Waals surface area contributed by atoms with Crippen LogP contribution < -0.4 is 5.32 Å². The summed E-state index contributed by atoms with van der Waals surface area (Å²) in [5, 5.41) is 13.0. The van der Waals surface area contributed by atoms with E-state index in [-0.39, 0.29) is 6.04 Å². The van der Waals surface area contributed by atoms with Crippen molar-refractivity contribution >= 4 is 0 Å². The summed E-state index contributed by atoms with van der Waals surface area (Å²) in [6.45, 7) is 8.91. The Bertz CT molecular complexity index is 96.2. The Balaban J connectivity index is 3.76. The molecule has 0 heterocycles. The lowest BCUT2D eigenvalue weighted by Gasteiger charge is -2.29. The van der Waals surface area contributed by atoms with E-state index in [0.717, 1.165) is 19.4 Å². The maximum atomic E-state index is 9.64. The Hall–Kier alpha value is -0.0800. The zero-order valence-electron chi connectivity index (χ0n) is 8.15. The highest BCUT2D eigenvalue weighted by Gasteiger charge is 2.23. The van der Waals surface area contributed by atoms with Gasteiger partial charge in [0.2, 0.25) is 0 Å². The lowest BCUT2D eigenvalue weighted by Crippen LogP contribution is -2.46. The van der Waals surface area contributed by atoms with Crippen LogP contribution in [0.2, 0.25) is 0 Å². The SMILES string of the molecule is CCCN[C@@H](CC)C(C)(C)O. The molecule has 0 saturated carbocycles. The van der Waals surface area contributed by atoms with Crippen LogP contribution in [-0.2, 0) is 0 Å². The predicted octanol–water partition coefficient (Wildman–Crippen LogP) is 1.54. The summed E-state index contributed by atoms with van der Waals surface area (Å²) in [4.78, 5) is 0. The average molecular weight is 159 g/mol. The molecule has 0 amide bonds. The Morgan fingerprint density at radius 2 is 1.91 bits per heavy atom. The lowest BCUT2D eigenvalue weighted by molar-refractivity contribution is 0.0364. The smallest absolute Gasteiger partial charge is 0.0743 e. The number of nitrogens with one attached hydrogen (secondary N) is 1. The Morgan fingerprint density at radius 1 is 1.36 bits per heavy atom. The van der Waals surface area contributed by atoms with Crippen molar-refractivity contribution in [2.75, 3.05) is 6.54 Å². The summed E-state index contributed by atoms with van der Waals surface area (Å²) in [6.07, 6.45) is 2.09. The number of hydrogen-bond acceptors (Lipinski definition) is 2. The average Bonchev–Trinajstić information content (AvgIpc) is 1.87. The van der Waals surface area contributed by atoms with Crippen LogP contribution in [0.1, 0.15) is 40.5 Å². The fourth-order valence-electron chi connectivity index (χ4n) is 1.21. The van der Waals surface area contributed by atoms with Crippen LogP contribution in [0.4, 0.5) is 0 Å². The molecule has 11 heavy (non-hydrogen) atoms. The Labute approximate surface area is 70.0 Å². The van der Waals surface area contributed by atoms with Crippen molar-refractivity contribution in [3.63, 3.8) is 0 Å². The molecule has 0 aromatic carbocycles. The van der Waals surface area contributed by atoms with E-state index in [9.17, 15) is 5.11 Å². The molecule has 68 valence electrons. The second-order valence-electron chi connectivity index (χ2n) is 3.57. The molecule has 0 aromatic heterocycles. The van der Waals surface area contributed by atoms with Crippen molar-refractivity contribution < 1.29 is 5.11 Å². The summed E-state index contributed by atoms with van der Waals surface area (Å²) < 4.78 is 0. The van der Waals surface area contributed by atoms with Gasteiger partial charge < -0.3 is 10.4 Å². The molecule has 0 aromatic rings. The molecule has 1 atom stereocenters. The van der Waals surface area contributed by atoms with Gasteiger partial charge in [-0.2, -0.15) is 0 Å². The third-order valence-corrected chi connectivity index (χ3v) is 1.90. The molecule has 0 spiro atoms. The highest BCUT2D eigenvalue weighted by molar-refractivity contribution is 4.81. The van der Waals surface area contributed by atoms with Gasteiger partial charge in [-0.05, 0) is 33.2 Å². The topological polar surface area (TPSA) is 32.3 Å². The Morgan fingerprint density at radius 3 is 2.18 bits per heavy atom. The third-order valence-electron chi connectivity index (χ3n) is 1.90. The quantitative estimate of drug-likeness (QED) is 0.637. The first kappa shape index (κ1) is 10.9. The maximum Gasteiger partial charge on any atom is 0.0743 e. The molecule has 0 rings (SSSR count). The molecule has 2 heteroatoms. The molecule has 0 aliphatic carbocycles. The summed E-state index contributed by atoms with van der Waals surface area (Å²) in [5.41, 5.74) is -0.593. The van der Waals surface area contributed by atoms with Gasteiger partial charge in [0.05, 0.1) is 5.60 Å². The molecule has 0 aliphatic heterocycles. The first-order valence-electron chi connectivity index (χ1n) is 4.48. The first-order valence-corrected chi connectivity index (χ1v) is 4.48. The van der Waals surface area contributed by atoms with Gasteiger partial charge in [0.25, 0.3) is 0 Å².